The van der Waals surface area contributed by atoms with Gasteiger partial charge in [-0.1, -0.05) is 18.5 Å². The lowest BCUT2D eigenvalue weighted by Gasteiger charge is -2.10. The van der Waals surface area contributed by atoms with Gasteiger partial charge in [-0.2, -0.15) is 0 Å². The highest BCUT2D eigenvalue weighted by molar-refractivity contribution is 6.31. The monoisotopic (exact) mass is 300 g/mol. The highest BCUT2D eigenvalue weighted by Gasteiger charge is 2.34. The molecule has 0 amide bonds. The van der Waals surface area contributed by atoms with Crippen molar-refractivity contribution in [1.82, 2.24) is 9.55 Å². The summed E-state index contributed by atoms with van der Waals surface area (Å²) in [5.41, 5.74) is 1.49. The Morgan fingerprint density at radius 3 is 2.79 bits per heavy atom. The second kappa shape index (κ2) is 4.64. The summed E-state index contributed by atoms with van der Waals surface area (Å²) >= 11 is 12.1. The first-order valence-electron chi connectivity index (χ1n) is 6.46. The summed E-state index contributed by atoms with van der Waals surface area (Å²) in [4.78, 5) is 4.45. The van der Waals surface area contributed by atoms with Crippen LogP contribution in [0.4, 0.5) is 4.39 Å². The van der Waals surface area contributed by atoms with Gasteiger partial charge in [-0.05, 0) is 31.2 Å². The number of fused-ring (bicyclic) bond motifs is 1. The molecule has 1 aromatic carbocycles. The average molecular weight is 301 g/mol. The van der Waals surface area contributed by atoms with Crippen molar-refractivity contribution in [3.63, 3.8) is 0 Å². The van der Waals surface area contributed by atoms with Gasteiger partial charge in [0.05, 0.1) is 21.4 Å². The van der Waals surface area contributed by atoms with Crippen molar-refractivity contribution in [3.05, 3.63) is 28.8 Å². The molecule has 3 atom stereocenters. The lowest BCUT2D eigenvalue weighted by Crippen LogP contribution is -2.06. The molecule has 1 aliphatic rings. The highest BCUT2D eigenvalue weighted by atomic mass is 35.5. The summed E-state index contributed by atoms with van der Waals surface area (Å²) in [5.74, 6) is 1.76. The molecule has 1 saturated carbocycles. The van der Waals surface area contributed by atoms with Gasteiger partial charge in [0.1, 0.15) is 11.6 Å². The molecule has 0 radical (unpaired) electrons. The molecule has 0 bridgehead atoms. The largest absolute Gasteiger partial charge is 0.326 e. The van der Waals surface area contributed by atoms with Crippen molar-refractivity contribution < 1.29 is 4.39 Å². The maximum Gasteiger partial charge on any atom is 0.144 e. The van der Waals surface area contributed by atoms with Crippen molar-refractivity contribution in [2.45, 2.75) is 32.2 Å². The van der Waals surface area contributed by atoms with Gasteiger partial charge in [0, 0.05) is 12.6 Å². The molecule has 0 N–H and O–H groups in total. The Morgan fingerprint density at radius 1 is 1.53 bits per heavy atom. The Balaban J connectivity index is 2.14. The minimum Gasteiger partial charge on any atom is -0.326 e. The molecule has 0 aliphatic heterocycles. The molecule has 3 rings (SSSR count). The molecule has 1 aliphatic carbocycles. The standard InChI is InChI=1S/C14H15Cl2FN2/c1-7-3-9(7)6-19-13-4-10(16)11(17)5-12(13)18-14(19)8(2)15/h4-5,7-9H,3,6H2,1-2H3. The third-order valence-electron chi connectivity index (χ3n) is 3.87. The zero-order valence-electron chi connectivity index (χ0n) is 10.8. The lowest BCUT2D eigenvalue weighted by molar-refractivity contribution is 0.581. The first-order chi connectivity index (χ1) is 8.97. The molecule has 1 aromatic heterocycles. The van der Waals surface area contributed by atoms with Crippen molar-refractivity contribution in [2.24, 2.45) is 11.8 Å². The van der Waals surface area contributed by atoms with Crippen molar-refractivity contribution >= 4 is 34.2 Å². The van der Waals surface area contributed by atoms with E-state index in [1.54, 1.807) is 6.07 Å². The topological polar surface area (TPSA) is 17.8 Å². The number of aromatic nitrogens is 2. The molecule has 1 fully saturated rings. The molecule has 2 aromatic rings. The van der Waals surface area contributed by atoms with E-state index in [-0.39, 0.29) is 10.4 Å². The van der Waals surface area contributed by atoms with Gasteiger partial charge in [0.15, 0.2) is 0 Å². The highest BCUT2D eigenvalue weighted by Crippen LogP contribution is 2.40. The molecule has 1 heterocycles. The minimum absolute atomic E-state index is 0.131. The molecule has 0 saturated heterocycles. The van der Waals surface area contributed by atoms with Crippen LogP contribution in [0.5, 0.6) is 0 Å². The maximum absolute atomic E-state index is 13.5. The van der Waals surface area contributed by atoms with E-state index in [2.05, 4.69) is 16.5 Å². The number of hydrogen-bond donors (Lipinski definition) is 0. The first-order valence-corrected chi connectivity index (χ1v) is 7.28. The molecular formula is C14H15Cl2FN2. The van der Waals surface area contributed by atoms with E-state index in [1.165, 1.54) is 12.5 Å². The van der Waals surface area contributed by atoms with Crippen molar-refractivity contribution in [1.29, 1.82) is 0 Å². The zero-order valence-corrected chi connectivity index (χ0v) is 12.3. The Morgan fingerprint density at radius 2 is 2.21 bits per heavy atom. The molecule has 3 unspecified atom stereocenters. The van der Waals surface area contributed by atoms with Crippen LogP contribution in [-0.2, 0) is 6.54 Å². The predicted octanol–water partition coefficient (Wildman–Crippen LogP) is 4.78. The number of benzene rings is 1. The van der Waals surface area contributed by atoms with Gasteiger partial charge in [-0.3, -0.25) is 0 Å². The Hall–Kier alpha value is -0.800. The molecular weight excluding hydrogens is 286 g/mol. The quantitative estimate of drug-likeness (QED) is 0.746. The van der Waals surface area contributed by atoms with Gasteiger partial charge >= 0.3 is 0 Å². The van der Waals surface area contributed by atoms with Crippen LogP contribution in [0.3, 0.4) is 0 Å². The average Bonchev–Trinajstić information content (AvgIpc) is 2.91. The maximum atomic E-state index is 13.5. The van der Waals surface area contributed by atoms with E-state index in [0.29, 0.717) is 11.4 Å². The molecule has 102 valence electrons. The van der Waals surface area contributed by atoms with E-state index < -0.39 is 5.82 Å². The van der Waals surface area contributed by atoms with Gasteiger partial charge < -0.3 is 4.57 Å². The summed E-state index contributed by atoms with van der Waals surface area (Å²) < 4.78 is 15.6. The van der Waals surface area contributed by atoms with Crippen LogP contribution in [0.15, 0.2) is 12.1 Å². The fraction of sp³-hybridized carbons (Fsp3) is 0.500. The number of nitrogens with zero attached hydrogens (tertiary/aromatic N) is 2. The third kappa shape index (κ3) is 2.34. The molecule has 19 heavy (non-hydrogen) atoms. The van der Waals surface area contributed by atoms with Crippen LogP contribution in [0.2, 0.25) is 5.02 Å². The Labute approximate surface area is 121 Å². The fourth-order valence-electron chi connectivity index (χ4n) is 2.52. The zero-order chi connectivity index (χ0) is 13.7. The van der Waals surface area contributed by atoms with Crippen LogP contribution in [0.1, 0.15) is 31.5 Å². The van der Waals surface area contributed by atoms with E-state index in [1.807, 2.05) is 6.92 Å². The van der Waals surface area contributed by atoms with E-state index in [9.17, 15) is 4.39 Å². The number of halogens is 3. The van der Waals surface area contributed by atoms with Crippen LogP contribution < -0.4 is 0 Å². The molecule has 0 spiro atoms. The first kappa shape index (κ1) is 13.2. The van der Waals surface area contributed by atoms with Crippen molar-refractivity contribution in [2.75, 3.05) is 0 Å². The summed E-state index contributed by atoms with van der Waals surface area (Å²) in [5, 5.41) is -0.0745. The fourth-order valence-corrected chi connectivity index (χ4v) is 2.85. The van der Waals surface area contributed by atoms with Gasteiger partial charge in [0.25, 0.3) is 0 Å². The lowest BCUT2D eigenvalue weighted by atomic mass is 10.3. The van der Waals surface area contributed by atoms with Gasteiger partial charge in [-0.15, -0.1) is 11.6 Å². The SMILES string of the molecule is CC(Cl)c1nc2cc(F)c(Cl)cc2n1CC1CC1C. The smallest absolute Gasteiger partial charge is 0.144 e. The number of rotatable bonds is 3. The summed E-state index contributed by atoms with van der Waals surface area (Å²) in [6.07, 6.45) is 1.23. The number of alkyl halides is 1. The van der Waals surface area contributed by atoms with Gasteiger partial charge in [-0.25, -0.2) is 9.37 Å². The molecule has 5 heteroatoms. The van der Waals surface area contributed by atoms with Crippen LogP contribution in [-0.4, -0.2) is 9.55 Å². The van der Waals surface area contributed by atoms with E-state index in [4.69, 9.17) is 23.2 Å². The van der Waals surface area contributed by atoms with Crippen LogP contribution in [0, 0.1) is 17.7 Å². The number of hydrogen-bond acceptors (Lipinski definition) is 1. The van der Waals surface area contributed by atoms with Crippen LogP contribution >= 0.6 is 23.2 Å². The predicted molar refractivity (Wildman–Crippen MR) is 76.2 cm³/mol. The second-order valence-electron chi connectivity index (χ2n) is 5.42. The molecule has 2 nitrogen and oxygen atoms in total. The van der Waals surface area contributed by atoms with Crippen LogP contribution in [0.25, 0.3) is 11.0 Å². The number of imidazole rings is 1. The van der Waals surface area contributed by atoms with E-state index >= 15 is 0 Å². The van der Waals surface area contributed by atoms with E-state index in [0.717, 1.165) is 23.8 Å². The van der Waals surface area contributed by atoms with Gasteiger partial charge in [0.2, 0.25) is 0 Å². The summed E-state index contributed by atoms with van der Waals surface area (Å²) in [6, 6.07) is 3.03. The summed E-state index contributed by atoms with van der Waals surface area (Å²) in [6.45, 7) is 5.00. The summed E-state index contributed by atoms with van der Waals surface area (Å²) in [7, 11) is 0. The normalized spacial score (nSPS) is 23.8. The third-order valence-corrected chi connectivity index (χ3v) is 4.35. The van der Waals surface area contributed by atoms with Crippen molar-refractivity contribution in [3.8, 4) is 0 Å². The Bertz CT molecular complexity index is 636. The Kier molecular flexibility index (Phi) is 3.22. The second-order valence-corrected chi connectivity index (χ2v) is 6.49. The minimum atomic E-state index is -0.438.